The van der Waals surface area contributed by atoms with Crippen molar-refractivity contribution in [2.24, 2.45) is 0 Å². The van der Waals surface area contributed by atoms with Gasteiger partial charge in [0.15, 0.2) is 5.54 Å². The number of hydrogen-bond acceptors (Lipinski definition) is 6. The van der Waals surface area contributed by atoms with E-state index < -0.39 is 40.4 Å². The molecule has 1 fully saturated rings. The number of ether oxygens (including phenoxy) is 1. The molecule has 3 aromatic rings. The number of carbonyl (C=O) groups is 4. The van der Waals surface area contributed by atoms with Crippen molar-refractivity contribution >= 4 is 40.7 Å². The first-order chi connectivity index (χ1) is 18.4. The highest BCUT2D eigenvalue weighted by Crippen LogP contribution is 2.52. The van der Waals surface area contributed by atoms with Crippen molar-refractivity contribution < 1.29 is 29.0 Å². The molecule has 38 heavy (non-hydrogen) atoms. The van der Waals surface area contributed by atoms with E-state index in [1.54, 1.807) is 105 Å². The number of para-hydroxylation sites is 2. The number of rotatable bonds is 5. The van der Waals surface area contributed by atoms with Crippen molar-refractivity contribution in [1.82, 2.24) is 0 Å². The Hall–Kier alpha value is -4.98. The Morgan fingerprint density at radius 3 is 1.92 bits per heavy atom. The molecule has 1 atom stereocenters. The SMILES string of the molecule is CCOC(=O)C1=C(C)N(c2ccccc2)C(=O)C12/C(=C(\O)c1ccccc1)C(=O)C(=O)N2c1ccccc1. The Kier molecular flexibility index (Phi) is 6.16. The fraction of sp³-hybridized carbons (Fsp3) is 0.133. The van der Waals surface area contributed by atoms with Gasteiger partial charge >= 0.3 is 11.9 Å². The summed E-state index contributed by atoms with van der Waals surface area (Å²) in [5.41, 5.74) is -1.99. The third-order valence-corrected chi connectivity index (χ3v) is 6.69. The number of benzene rings is 3. The summed E-state index contributed by atoms with van der Waals surface area (Å²) in [6.45, 7) is 3.16. The first-order valence-electron chi connectivity index (χ1n) is 12.1. The van der Waals surface area contributed by atoms with E-state index in [0.29, 0.717) is 5.69 Å². The number of esters is 1. The molecule has 1 saturated heterocycles. The van der Waals surface area contributed by atoms with Gasteiger partial charge in [0.2, 0.25) is 0 Å². The first-order valence-corrected chi connectivity index (χ1v) is 12.1. The fourth-order valence-electron chi connectivity index (χ4n) is 5.16. The quantitative estimate of drug-likeness (QED) is 0.240. The lowest BCUT2D eigenvalue weighted by Gasteiger charge is -2.35. The van der Waals surface area contributed by atoms with E-state index in [4.69, 9.17) is 4.74 Å². The molecule has 2 aliphatic rings. The zero-order valence-electron chi connectivity index (χ0n) is 20.8. The van der Waals surface area contributed by atoms with Gasteiger partial charge in [-0.15, -0.1) is 0 Å². The van der Waals surface area contributed by atoms with Gasteiger partial charge in [-0.05, 0) is 38.1 Å². The zero-order chi connectivity index (χ0) is 27.0. The number of amides is 2. The predicted octanol–water partition coefficient (Wildman–Crippen LogP) is 4.19. The summed E-state index contributed by atoms with van der Waals surface area (Å²) in [5, 5.41) is 11.5. The van der Waals surface area contributed by atoms with E-state index in [9.17, 15) is 24.3 Å². The van der Waals surface area contributed by atoms with Crippen molar-refractivity contribution in [1.29, 1.82) is 0 Å². The van der Waals surface area contributed by atoms with Crippen LogP contribution in [-0.4, -0.2) is 40.8 Å². The molecular formula is C30H24N2O6. The van der Waals surface area contributed by atoms with Crippen LogP contribution in [0.5, 0.6) is 0 Å². The lowest BCUT2D eigenvalue weighted by atomic mass is 9.80. The van der Waals surface area contributed by atoms with Gasteiger partial charge in [0.25, 0.3) is 11.7 Å². The predicted molar refractivity (Wildman–Crippen MR) is 141 cm³/mol. The summed E-state index contributed by atoms with van der Waals surface area (Å²) in [6.07, 6.45) is 0. The zero-order valence-corrected chi connectivity index (χ0v) is 20.8. The second kappa shape index (κ2) is 9.48. The van der Waals surface area contributed by atoms with E-state index in [1.165, 1.54) is 4.90 Å². The number of aliphatic hydroxyl groups is 1. The van der Waals surface area contributed by atoms with Crippen LogP contribution in [-0.2, 0) is 23.9 Å². The van der Waals surface area contributed by atoms with Gasteiger partial charge < -0.3 is 9.84 Å². The van der Waals surface area contributed by atoms with E-state index in [2.05, 4.69) is 0 Å². The summed E-state index contributed by atoms with van der Waals surface area (Å²) >= 11 is 0. The maximum Gasteiger partial charge on any atom is 0.339 e. The van der Waals surface area contributed by atoms with Crippen LogP contribution in [0.25, 0.3) is 5.76 Å². The molecule has 0 saturated carbocycles. The van der Waals surface area contributed by atoms with E-state index in [-0.39, 0.29) is 29.1 Å². The molecule has 2 heterocycles. The van der Waals surface area contributed by atoms with Crippen molar-refractivity contribution in [3.8, 4) is 0 Å². The van der Waals surface area contributed by atoms with Gasteiger partial charge in [0, 0.05) is 22.6 Å². The molecule has 2 amide bonds. The third kappa shape index (κ3) is 3.45. The molecule has 0 bridgehead atoms. The maximum absolute atomic E-state index is 14.7. The molecular weight excluding hydrogens is 484 g/mol. The first kappa shape index (κ1) is 24.7. The van der Waals surface area contributed by atoms with Gasteiger partial charge in [-0.1, -0.05) is 66.7 Å². The highest BCUT2D eigenvalue weighted by Gasteiger charge is 2.70. The Balaban J connectivity index is 1.92. The lowest BCUT2D eigenvalue weighted by molar-refractivity contribution is -0.140. The fourth-order valence-corrected chi connectivity index (χ4v) is 5.16. The van der Waals surface area contributed by atoms with Crippen LogP contribution in [0.3, 0.4) is 0 Å². The Labute approximate surface area is 219 Å². The molecule has 2 aliphatic heterocycles. The molecule has 5 rings (SSSR count). The Bertz CT molecular complexity index is 1510. The van der Waals surface area contributed by atoms with Crippen LogP contribution in [0.1, 0.15) is 19.4 Å². The molecule has 8 nitrogen and oxygen atoms in total. The lowest BCUT2D eigenvalue weighted by Crippen LogP contribution is -2.57. The van der Waals surface area contributed by atoms with Gasteiger partial charge in [-0.2, -0.15) is 0 Å². The smallest absolute Gasteiger partial charge is 0.339 e. The van der Waals surface area contributed by atoms with E-state index in [1.807, 2.05) is 0 Å². The van der Waals surface area contributed by atoms with Gasteiger partial charge in [0.1, 0.15) is 5.76 Å². The van der Waals surface area contributed by atoms with E-state index in [0.717, 1.165) is 4.90 Å². The van der Waals surface area contributed by atoms with Crippen LogP contribution in [0.2, 0.25) is 0 Å². The van der Waals surface area contributed by atoms with Crippen molar-refractivity contribution in [3.63, 3.8) is 0 Å². The van der Waals surface area contributed by atoms with Crippen molar-refractivity contribution in [3.05, 3.63) is 113 Å². The Morgan fingerprint density at radius 1 is 0.842 bits per heavy atom. The molecule has 1 N–H and O–H groups in total. The highest BCUT2D eigenvalue weighted by molar-refractivity contribution is 6.56. The topological polar surface area (TPSA) is 104 Å². The minimum atomic E-state index is -2.30. The van der Waals surface area contributed by atoms with Crippen LogP contribution in [0.15, 0.2) is 108 Å². The summed E-state index contributed by atoms with van der Waals surface area (Å²) in [5.74, 6) is -4.34. The number of allylic oxidation sites excluding steroid dienone is 1. The number of hydrogen-bond donors (Lipinski definition) is 1. The molecule has 0 radical (unpaired) electrons. The van der Waals surface area contributed by atoms with Crippen LogP contribution in [0.4, 0.5) is 11.4 Å². The molecule has 8 heteroatoms. The maximum atomic E-state index is 14.7. The summed E-state index contributed by atoms with van der Waals surface area (Å²) in [4.78, 5) is 58.0. The summed E-state index contributed by atoms with van der Waals surface area (Å²) in [6, 6.07) is 24.8. The second-order valence-corrected chi connectivity index (χ2v) is 8.76. The molecule has 0 aromatic heterocycles. The van der Waals surface area contributed by atoms with Gasteiger partial charge in [-0.3, -0.25) is 24.2 Å². The molecule has 0 aliphatic carbocycles. The number of anilines is 2. The average Bonchev–Trinajstić information content (AvgIpc) is 3.30. The monoisotopic (exact) mass is 508 g/mol. The number of aliphatic hydroxyl groups excluding tert-OH is 1. The number of ketones is 1. The average molecular weight is 509 g/mol. The summed E-state index contributed by atoms with van der Waals surface area (Å²) < 4.78 is 5.37. The molecule has 1 spiro atoms. The van der Waals surface area contributed by atoms with Crippen LogP contribution < -0.4 is 9.80 Å². The largest absolute Gasteiger partial charge is 0.507 e. The highest BCUT2D eigenvalue weighted by atomic mass is 16.5. The number of carbonyl (C=O) groups excluding carboxylic acids is 4. The Morgan fingerprint density at radius 2 is 1.37 bits per heavy atom. The third-order valence-electron chi connectivity index (χ3n) is 6.69. The van der Waals surface area contributed by atoms with E-state index >= 15 is 0 Å². The molecule has 1 unspecified atom stereocenters. The summed E-state index contributed by atoms with van der Waals surface area (Å²) in [7, 11) is 0. The minimum absolute atomic E-state index is 0.0117. The number of nitrogens with zero attached hydrogens (tertiary/aromatic N) is 2. The standard InChI is InChI=1S/C30H24N2O6/c1-3-38-28(36)23-19(2)31(21-15-9-5-10-16-21)29(37)30(23)24(25(33)20-13-7-4-8-14-20)26(34)27(35)32(30)22-17-11-6-12-18-22/h4-18,33H,3H2,1-2H3/b25-24-. The normalized spacial score (nSPS) is 20.5. The van der Waals surface area contributed by atoms with Crippen LogP contribution in [0, 0.1) is 0 Å². The number of Topliss-reactive ketones (excluding diaryl/α,β-unsaturated/α-hetero) is 1. The molecule has 3 aromatic carbocycles. The van der Waals surface area contributed by atoms with Crippen molar-refractivity contribution in [2.75, 3.05) is 16.4 Å². The van der Waals surface area contributed by atoms with Crippen molar-refractivity contribution in [2.45, 2.75) is 19.4 Å². The second-order valence-electron chi connectivity index (χ2n) is 8.76. The van der Waals surface area contributed by atoms with Crippen LogP contribution >= 0.6 is 0 Å². The van der Waals surface area contributed by atoms with Gasteiger partial charge in [-0.25, -0.2) is 4.79 Å². The minimum Gasteiger partial charge on any atom is -0.507 e. The molecule has 190 valence electrons. The van der Waals surface area contributed by atoms with Gasteiger partial charge in [0.05, 0.1) is 17.8 Å².